The maximum Gasteiger partial charge on any atom is 0.129 e. The standard InChI is InChI=1S/C14H15ClOS/c1-9-4-5-11(6-10(9)2)14(15)13-7-12(16-3)8-17-13/h4-8,14H,1-3H3. The highest BCUT2D eigenvalue weighted by atomic mass is 35.5. The van der Waals surface area contributed by atoms with Gasteiger partial charge < -0.3 is 4.74 Å². The summed E-state index contributed by atoms with van der Waals surface area (Å²) in [6.45, 7) is 4.22. The molecule has 0 spiro atoms. The van der Waals surface area contributed by atoms with Crippen LogP contribution in [0.15, 0.2) is 29.6 Å². The van der Waals surface area contributed by atoms with Crippen LogP contribution in [0.4, 0.5) is 0 Å². The summed E-state index contributed by atoms with van der Waals surface area (Å²) in [6.07, 6.45) is 0. The quantitative estimate of drug-likeness (QED) is 0.732. The van der Waals surface area contributed by atoms with Crippen LogP contribution in [0.1, 0.15) is 26.9 Å². The highest BCUT2D eigenvalue weighted by Gasteiger charge is 2.14. The van der Waals surface area contributed by atoms with Crippen molar-refractivity contribution < 1.29 is 4.74 Å². The molecule has 0 N–H and O–H groups in total. The van der Waals surface area contributed by atoms with Crippen molar-refractivity contribution in [1.29, 1.82) is 0 Å². The van der Waals surface area contributed by atoms with E-state index in [9.17, 15) is 0 Å². The van der Waals surface area contributed by atoms with Crippen LogP contribution in [0, 0.1) is 13.8 Å². The first kappa shape index (κ1) is 12.5. The van der Waals surface area contributed by atoms with Gasteiger partial charge in [0.2, 0.25) is 0 Å². The number of ether oxygens (including phenoxy) is 1. The third kappa shape index (κ3) is 2.64. The van der Waals surface area contributed by atoms with Crippen molar-refractivity contribution in [3.05, 3.63) is 51.2 Å². The fraction of sp³-hybridized carbons (Fsp3) is 0.286. The Bertz CT molecular complexity index is 519. The lowest BCUT2D eigenvalue weighted by molar-refractivity contribution is 0.416. The van der Waals surface area contributed by atoms with Gasteiger partial charge in [-0.15, -0.1) is 22.9 Å². The Morgan fingerprint density at radius 3 is 2.53 bits per heavy atom. The zero-order valence-corrected chi connectivity index (χ0v) is 11.7. The van der Waals surface area contributed by atoms with E-state index in [1.54, 1.807) is 18.4 Å². The molecular formula is C14H15ClOS. The van der Waals surface area contributed by atoms with Crippen molar-refractivity contribution >= 4 is 22.9 Å². The summed E-state index contributed by atoms with van der Waals surface area (Å²) in [7, 11) is 1.67. The second-order valence-corrected chi connectivity index (χ2v) is 5.47. The molecule has 1 unspecified atom stereocenters. The van der Waals surface area contributed by atoms with Crippen LogP contribution in [0.25, 0.3) is 0 Å². The molecule has 0 aliphatic carbocycles. The Balaban J connectivity index is 2.29. The van der Waals surface area contributed by atoms with E-state index in [2.05, 4.69) is 32.0 Å². The third-order valence-corrected chi connectivity index (χ3v) is 4.50. The predicted octanol–water partition coefficient (Wildman–Crippen LogP) is 4.70. The smallest absolute Gasteiger partial charge is 0.129 e. The number of methoxy groups -OCH3 is 1. The van der Waals surface area contributed by atoms with Gasteiger partial charge in [-0.1, -0.05) is 18.2 Å². The number of hydrogen-bond acceptors (Lipinski definition) is 2. The highest BCUT2D eigenvalue weighted by molar-refractivity contribution is 7.10. The lowest BCUT2D eigenvalue weighted by atomic mass is 10.0. The van der Waals surface area contributed by atoms with Crippen molar-refractivity contribution in [2.24, 2.45) is 0 Å². The molecule has 2 aromatic rings. The number of hydrogen-bond donors (Lipinski definition) is 0. The van der Waals surface area contributed by atoms with E-state index in [0.717, 1.165) is 16.2 Å². The second kappa shape index (κ2) is 5.11. The van der Waals surface area contributed by atoms with Gasteiger partial charge in [-0.25, -0.2) is 0 Å². The summed E-state index contributed by atoms with van der Waals surface area (Å²) in [5.41, 5.74) is 3.71. The molecule has 1 nitrogen and oxygen atoms in total. The second-order valence-electron chi connectivity index (χ2n) is 4.10. The lowest BCUT2D eigenvalue weighted by Gasteiger charge is -2.10. The van der Waals surface area contributed by atoms with Gasteiger partial charge in [-0.05, 0) is 36.6 Å². The molecule has 1 atom stereocenters. The van der Waals surface area contributed by atoms with Gasteiger partial charge in [0, 0.05) is 10.3 Å². The fourth-order valence-corrected chi connectivity index (χ4v) is 2.87. The minimum atomic E-state index is -0.0943. The van der Waals surface area contributed by atoms with Crippen molar-refractivity contribution in [1.82, 2.24) is 0 Å². The van der Waals surface area contributed by atoms with Crippen LogP contribution in [0.3, 0.4) is 0 Å². The summed E-state index contributed by atoms with van der Waals surface area (Å²) >= 11 is 8.11. The topological polar surface area (TPSA) is 9.23 Å². The third-order valence-electron chi connectivity index (χ3n) is 2.90. The molecule has 1 heterocycles. The van der Waals surface area contributed by atoms with Crippen molar-refractivity contribution in [2.45, 2.75) is 19.2 Å². The monoisotopic (exact) mass is 266 g/mol. The molecule has 0 radical (unpaired) electrons. The molecule has 0 saturated heterocycles. The van der Waals surface area contributed by atoms with Crippen LogP contribution >= 0.6 is 22.9 Å². The van der Waals surface area contributed by atoms with Gasteiger partial charge in [0.05, 0.1) is 12.5 Å². The maximum atomic E-state index is 6.48. The van der Waals surface area contributed by atoms with Crippen LogP contribution in [-0.2, 0) is 0 Å². The normalized spacial score (nSPS) is 12.5. The molecule has 17 heavy (non-hydrogen) atoms. The van der Waals surface area contributed by atoms with Crippen molar-refractivity contribution in [3.63, 3.8) is 0 Å². The van der Waals surface area contributed by atoms with Crippen molar-refractivity contribution in [3.8, 4) is 5.75 Å². The summed E-state index contributed by atoms with van der Waals surface area (Å²) in [5.74, 6) is 0.875. The van der Waals surface area contributed by atoms with E-state index in [4.69, 9.17) is 16.3 Å². The molecule has 1 aromatic carbocycles. The first-order chi connectivity index (χ1) is 8.11. The number of aryl methyl sites for hydroxylation is 2. The van der Waals surface area contributed by atoms with E-state index in [0.29, 0.717) is 0 Å². The summed E-state index contributed by atoms with van der Waals surface area (Å²) in [6, 6.07) is 8.35. The van der Waals surface area contributed by atoms with Crippen LogP contribution < -0.4 is 4.74 Å². The predicted molar refractivity (Wildman–Crippen MR) is 74.5 cm³/mol. The molecule has 0 bridgehead atoms. The van der Waals surface area contributed by atoms with Gasteiger partial charge in [0.1, 0.15) is 5.75 Å². The summed E-state index contributed by atoms with van der Waals surface area (Å²) in [5, 5.41) is 1.88. The average molecular weight is 267 g/mol. The van der Waals surface area contributed by atoms with Gasteiger partial charge >= 0.3 is 0 Å². The number of rotatable bonds is 3. The molecule has 0 fully saturated rings. The molecular weight excluding hydrogens is 252 g/mol. The first-order valence-electron chi connectivity index (χ1n) is 5.45. The van der Waals surface area contributed by atoms with E-state index in [-0.39, 0.29) is 5.38 Å². The van der Waals surface area contributed by atoms with Crippen LogP contribution in [0.2, 0.25) is 0 Å². The molecule has 0 amide bonds. The highest BCUT2D eigenvalue weighted by Crippen LogP contribution is 2.35. The van der Waals surface area contributed by atoms with Gasteiger partial charge in [0.25, 0.3) is 0 Å². The molecule has 0 saturated carbocycles. The Hall–Kier alpha value is -0.990. The number of thiophene rings is 1. The minimum Gasteiger partial charge on any atom is -0.496 e. The van der Waals surface area contributed by atoms with E-state index < -0.39 is 0 Å². The molecule has 0 aliphatic heterocycles. The first-order valence-corrected chi connectivity index (χ1v) is 6.77. The Morgan fingerprint density at radius 1 is 1.18 bits per heavy atom. The van der Waals surface area contributed by atoms with E-state index in [1.807, 2.05) is 11.4 Å². The molecule has 1 aromatic heterocycles. The van der Waals surface area contributed by atoms with E-state index >= 15 is 0 Å². The van der Waals surface area contributed by atoms with Crippen LogP contribution in [-0.4, -0.2) is 7.11 Å². The number of benzene rings is 1. The van der Waals surface area contributed by atoms with Gasteiger partial charge in [-0.2, -0.15) is 0 Å². The summed E-state index contributed by atoms with van der Waals surface area (Å²) < 4.78 is 5.18. The Morgan fingerprint density at radius 2 is 1.94 bits per heavy atom. The number of halogens is 1. The Labute approximate surface area is 111 Å². The SMILES string of the molecule is COc1csc(C(Cl)c2ccc(C)c(C)c2)c1. The minimum absolute atomic E-state index is 0.0943. The molecule has 3 heteroatoms. The maximum absolute atomic E-state index is 6.48. The Kier molecular flexibility index (Phi) is 3.75. The molecule has 90 valence electrons. The zero-order chi connectivity index (χ0) is 12.4. The fourth-order valence-electron chi connectivity index (χ4n) is 1.66. The molecule has 0 aliphatic rings. The van der Waals surface area contributed by atoms with Gasteiger partial charge in [0.15, 0.2) is 0 Å². The van der Waals surface area contributed by atoms with Crippen LogP contribution in [0.5, 0.6) is 5.75 Å². The molecule has 2 rings (SSSR count). The summed E-state index contributed by atoms with van der Waals surface area (Å²) in [4.78, 5) is 1.12. The lowest BCUT2D eigenvalue weighted by Crippen LogP contribution is -1.92. The zero-order valence-electron chi connectivity index (χ0n) is 10.2. The largest absolute Gasteiger partial charge is 0.496 e. The average Bonchev–Trinajstić information content (AvgIpc) is 2.80. The van der Waals surface area contributed by atoms with Gasteiger partial charge in [-0.3, -0.25) is 0 Å². The van der Waals surface area contributed by atoms with E-state index in [1.165, 1.54) is 11.1 Å². The van der Waals surface area contributed by atoms with Crippen molar-refractivity contribution in [2.75, 3.05) is 7.11 Å². The number of alkyl halides is 1.